The predicted molar refractivity (Wildman–Crippen MR) is 90.0 cm³/mol. The number of pyridine rings is 1. The molecule has 0 amide bonds. The highest BCUT2D eigenvalue weighted by Crippen LogP contribution is 2.17. The Balaban J connectivity index is 1.79. The van der Waals surface area contributed by atoms with E-state index in [-0.39, 0.29) is 0 Å². The summed E-state index contributed by atoms with van der Waals surface area (Å²) in [6.07, 6.45) is 10.4. The van der Waals surface area contributed by atoms with Gasteiger partial charge in [0.05, 0.1) is 13.2 Å². The second-order valence-electron chi connectivity index (χ2n) is 5.89. The van der Waals surface area contributed by atoms with Gasteiger partial charge in [-0.2, -0.15) is 0 Å². The maximum Gasteiger partial charge on any atom is 0.213 e. The first-order valence-electron chi connectivity index (χ1n) is 8.42. The van der Waals surface area contributed by atoms with Crippen LogP contribution in [-0.2, 0) is 6.54 Å². The third-order valence-corrected chi connectivity index (χ3v) is 3.89. The Morgan fingerprint density at radius 1 is 1.32 bits per heavy atom. The van der Waals surface area contributed by atoms with Gasteiger partial charge in [-0.1, -0.05) is 38.7 Å². The highest BCUT2D eigenvalue weighted by Gasteiger charge is 2.12. The molecule has 2 rings (SSSR count). The molecule has 1 aliphatic carbocycles. The third-order valence-electron chi connectivity index (χ3n) is 3.89. The lowest BCUT2D eigenvalue weighted by Gasteiger charge is -2.16. The Bertz CT molecular complexity index is 450. The van der Waals surface area contributed by atoms with Gasteiger partial charge in [-0.15, -0.1) is 0 Å². The lowest BCUT2D eigenvalue weighted by molar-refractivity contribution is 0.305. The standard InChI is InChI=1S/C17H28N4O/c1-2-11-22-16-10-9-14(12-19-16)13-20-17(18)21-15-7-5-3-4-6-8-15/h9-10,12,15H,2-8,11,13H2,1H3,(H3,18,20,21). The molecular weight excluding hydrogens is 276 g/mol. The highest BCUT2D eigenvalue weighted by molar-refractivity contribution is 5.78. The van der Waals surface area contributed by atoms with E-state index in [0.29, 0.717) is 31.0 Å². The Morgan fingerprint density at radius 3 is 2.73 bits per heavy atom. The smallest absolute Gasteiger partial charge is 0.213 e. The summed E-state index contributed by atoms with van der Waals surface area (Å²) in [5.41, 5.74) is 7.03. The van der Waals surface area contributed by atoms with Crippen molar-refractivity contribution in [1.29, 1.82) is 0 Å². The van der Waals surface area contributed by atoms with Crippen molar-refractivity contribution in [2.75, 3.05) is 6.61 Å². The van der Waals surface area contributed by atoms with Crippen LogP contribution in [0.1, 0.15) is 57.4 Å². The zero-order valence-corrected chi connectivity index (χ0v) is 13.6. The summed E-state index contributed by atoms with van der Waals surface area (Å²) in [5, 5.41) is 3.35. The summed E-state index contributed by atoms with van der Waals surface area (Å²) in [6.45, 7) is 3.32. The molecule has 0 spiro atoms. The van der Waals surface area contributed by atoms with Gasteiger partial charge in [-0.3, -0.25) is 0 Å². The van der Waals surface area contributed by atoms with Crippen LogP contribution in [0.2, 0.25) is 0 Å². The third kappa shape index (κ3) is 5.92. The Labute approximate surface area is 133 Å². The fourth-order valence-electron chi connectivity index (χ4n) is 2.65. The average Bonchev–Trinajstić information content (AvgIpc) is 2.80. The van der Waals surface area contributed by atoms with Gasteiger partial charge >= 0.3 is 0 Å². The summed E-state index contributed by atoms with van der Waals surface area (Å²) in [4.78, 5) is 8.68. The number of nitrogens with zero attached hydrogens (tertiary/aromatic N) is 2. The largest absolute Gasteiger partial charge is 0.478 e. The van der Waals surface area contributed by atoms with Crippen LogP contribution in [-0.4, -0.2) is 23.6 Å². The van der Waals surface area contributed by atoms with Crippen molar-refractivity contribution < 1.29 is 4.74 Å². The van der Waals surface area contributed by atoms with Crippen LogP contribution in [0.15, 0.2) is 23.3 Å². The van der Waals surface area contributed by atoms with E-state index < -0.39 is 0 Å². The Kier molecular flexibility index (Phi) is 7.00. The van der Waals surface area contributed by atoms with Gasteiger partial charge in [-0.25, -0.2) is 9.98 Å². The van der Waals surface area contributed by atoms with Gasteiger partial charge in [0.25, 0.3) is 0 Å². The van der Waals surface area contributed by atoms with Gasteiger partial charge in [0.15, 0.2) is 5.96 Å². The molecule has 5 nitrogen and oxygen atoms in total. The number of aliphatic imine (C=N–C) groups is 1. The van der Waals surface area contributed by atoms with Crippen LogP contribution in [0.3, 0.4) is 0 Å². The summed E-state index contributed by atoms with van der Waals surface area (Å²) in [6, 6.07) is 4.35. The van der Waals surface area contributed by atoms with Crippen LogP contribution >= 0.6 is 0 Å². The van der Waals surface area contributed by atoms with Crippen LogP contribution < -0.4 is 15.8 Å². The van der Waals surface area contributed by atoms with Crippen molar-refractivity contribution in [2.24, 2.45) is 10.7 Å². The molecule has 0 radical (unpaired) electrons. The van der Waals surface area contributed by atoms with Gasteiger partial charge in [0, 0.05) is 18.3 Å². The quantitative estimate of drug-likeness (QED) is 0.481. The van der Waals surface area contributed by atoms with Crippen molar-refractivity contribution in [3.05, 3.63) is 23.9 Å². The van der Waals surface area contributed by atoms with Gasteiger partial charge in [-0.05, 0) is 24.8 Å². The van der Waals surface area contributed by atoms with E-state index in [1.807, 2.05) is 12.1 Å². The molecule has 1 saturated carbocycles. The van der Waals surface area contributed by atoms with Crippen LogP contribution in [0.5, 0.6) is 5.88 Å². The van der Waals surface area contributed by atoms with E-state index in [1.54, 1.807) is 6.20 Å². The first-order valence-corrected chi connectivity index (χ1v) is 8.42. The minimum absolute atomic E-state index is 0.481. The Hall–Kier alpha value is -1.78. The van der Waals surface area contributed by atoms with Gasteiger partial charge < -0.3 is 15.8 Å². The minimum atomic E-state index is 0.481. The molecule has 1 aliphatic rings. The summed E-state index contributed by atoms with van der Waals surface area (Å²) >= 11 is 0. The van der Waals surface area contributed by atoms with E-state index in [4.69, 9.17) is 10.5 Å². The predicted octanol–water partition coefficient (Wildman–Crippen LogP) is 3.00. The van der Waals surface area contributed by atoms with E-state index in [1.165, 1.54) is 38.5 Å². The molecule has 1 aromatic heterocycles. The maximum absolute atomic E-state index is 5.99. The summed E-state index contributed by atoms with van der Waals surface area (Å²) in [5.74, 6) is 1.21. The van der Waals surface area contributed by atoms with Crippen molar-refractivity contribution in [2.45, 2.75) is 64.5 Å². The monoisotopic (exact) mass is 304 g/mol. The minimum Gasteiger partial charge on any atom is -0.478 e. The lowest BCUT2D eigenvalue weighted by atomic mass is 10.1. The summed E-state index contributed by atoms with van der Waals surface area (Å²) in [7, 11) is 0. The molecule has 1 fully saturated rings. The molecule has 0 saturated heterocycles. The molecule has 0 bridgehead atoms. The van der Waals surface area contributed by atoms with E-state index in [2.05, 4.69) is 22.2 Å². The normalized spacial score (nSPS) is 17.0. The molecule has 22 heavy (non-hydrogen) atoms. The molecule has 0 atom stereocenters. The second-order valence-corrected chi connectivity index (χ2v) is 5.89. The van der Waals surface area contributed by atoms with Gasteiger partial charge in [0.1, 0.15) is 0 Å². The molecule has 1 heterocycles. The summed E-state index contributed by atoms with van der Waals surface area (Å²) < 4.78 is 5.46. The SMILES string of the molecule is CCCOc1ccc(CN=C(N)NC2CCCCCC2)cn1. The zero-order chi connectivity index (χ0) is 15.6. The van der Waals surface area contributed by atoms with E-state index >= 15 is 0 Å². The lowest BCUT2D eigenvalue weighted by Crippen LogP contribution is -2.39. The number of ether oxygens (including phenoxy) is 1. The van der Waals surface area contributed by atoms with Crippen molar-refractivity contribution >= 4 is 5.96 Å². The average molecular weight is 304 g/mol. The highest BCUT2D eigenvalue weighted by atomic mass is 16.5. The fourth-order valence-corrected chi connectivity index (χ4v) is 2.65. The van der Waals surface area contributed by atoms with Crippen LogP contribution in [0.4, 0.5) is 0 Å². The molecule has 122 valence electrons. The molecule has 1 aromatic rings. The molecule has 0 aliphatic heterocycles. The fraction of sp³-hybridized carbons (Fsp3) is 0.647. The number of rotatable bonds is 6. The van der Waals surface area contributed by atoms with E-state index in [0.717, 1.165) is 12.0 Å². The Morgan fingerprint density at radius 2 is 2.09 bits per heavy atom. The molecule has 0 aromatic carbocycles. The molecular formula is C17H28N4O. The topological polar surface area (TPSA) is 72.5 Å². The van der Waals surface area contributed by atoms with E-state index in [9.17, 15) is 0 Å². The number of nitrogens with one attached hydrogen (secondary N) is 1. The first kappa shape index (κ1) is 16.6. The molecule has 5 heteroatoms. The van der Waals surface area contributed by atoms with Crippen molar-refractivity contribution in [1.82, 2.24) is 10.3 Å². The van der Waals surface area contributed by atoms with Crippen molar-refractivity contribution in [3.63, 3.8) is 0 Å². The number of nitrogens with two attached hydrogens (primary N) is 1. The number of hydrogen-bond donors (Lipinski definition) is 2. The number of guanidine groups is 1. The first-order chi connectivity index (χ1) is 10.8. The molecule has 3 N–H and O–H groups in total. The molecule has 0 unspecified atom stereocenters. The maximum atomic E-state index is 5.99. The second kappa shape index (κ2) is 9.28. The zero-order valence-electron chi connectivity index (χ0n) is 13.6. The van der Waals surface area contributed by atoms with Crippen molar-refractivity contribution in [3.8, 4) is 5.88 Å². The van der Waals surface area contributed by atoms with Crippen LogP contribution in [0, 0.1) is 0 Å². The van der Waals surface area contributed by atoms with Gasteiger partial charge in [0.2, 0.25) is 5.88 Å². The number of hydrogen-bond acceptors (Lipinski definition) is 3. The van der Waals surface area contributed by atoms with Crippen LogP contribution in [0.25, 0.3) is 0 Å². The number of aromatic nitrogens is 1.